The Kier molecular flexibility index (Phi) is 5.61. The van der Waals surface area contributed by atoms with Crippen molar-refractivity contribution in [3.8, 4) is 11.5 Å². The summed E-state index contributed by atoms with van der Waals surface area (Å²) in [7, 11) is 1.62. The van der Waals surface area contributed by atoms with Crippen molar-refractivity contribution in [2.24, 2.45) is 0 Å². The van der Waals surface area contributed by atoms with Gasteiger partial charge >= 0.3 is 0 Å². The van der Waals surface area contributed by atoms with Crippen LogP contribution < -0.4 is 9.47 Å². The van der Waals surface area contributed by atoms with Crippen LogP contribution >= 0.6 is 0 Å². The Hall–Kier alpha value is -2.26. The molecule has 2 rings (SSSR count). The third kappa shape index (κ3) is 3.68. The molecule has 0 saturated carbocycles. The van der Waals surface area contributed by atoms with Gasteiger partial charge in [-0.05, 0) is 30.5 Å². The molecule has 0 amide bonds. The second-order valence-corrected chi connectivity index (χ2v) is 5.11. The zero-order valence-corrected chi connectivity index (χ0v) is 13.1. The Morgan fingerprint density at radius 3 is 2.50 bits per heavy atom. The molecule has 0 bridgehead atoms. The molecule has 0 saturated heterocycles. The number of benzene rings is 2. The van der Waals surface area contributed by atoms with Crippen molar-refractivity contribution in [2.45, 2.75) is 26.1 Å². The highest BCUT2D eigenvalue weighted by Gasteiger charge is 2.17. The van der Waals surface area contributed by atoms with E-state index in [1.54, 1.807) is 20.1 Å². The van der Waals surface area contributed by atoms with Crippen LogP contribution in [0.1, 0.15) is 29.7 Å². The number of rotatable bonds is 7. The molecule has 0 aliphatic carbocycles. The minimum Gasteiger partial charge on any atom is -0.493 e. The van der Waals surface area contributed by atoms with E-state index in [2.05, 4.69) is 6.58 Å². The predicted octanol–water partition coefficient (Wildman–Crippen LogP) is 4.06. The lowest BCUT2D eigenvalue weighted by molar-refractivity contribution is 0.196. The van der Waals surface area contributed by atoms with Crippen LogP contribution in [0.15, 0.2) is 55.1 Å². The van der Waals surface area contributed by atoms with Crippen molar-refractivity contribution in [3.05, 3.63) is 71.8 Å². The first-order valence-electron chi connectivity index (χ1n) is 7.32. The molecule has 1 atom stereocenters. The molecule has 2 aromatic carbocycles. The highest BCUT2D eigenvalue weighted by Crippen LogP contribution is 2.37. The normalized spacial score (nSPS) is 11.8. The lowest BCUT2D eigenvalue weighted by Gasteiger charge is -2.19. The minimum atomic E-state index is -0.570. The number of methoxy groups -OCH3 is 1. The molecular formula is C19H22O3. The van der Waals surface area contributed by atoms with E-state index in [4.69, 9.17) is 9.47 Å². The summed E-state index contributed by atoms with van der Waals surface area (Å²) in [5.41, 5.74) is 2.83. The highest BCUT2D eigenvalue weighted by molar-refractivity contribution is 5.52. The summed E-state index contributed by atoms with van der Waals surface area (Å²) in [5.74, 6) is 1.34. The van der Waals surface area contributed by atoms with Crippen molar-refractivity contribution in [1.82, 2.24) is 0 Å². The number of hydrogen-bond acceptors (Lipinski definition) is 3. The van der Waals surface area contributed by atoms with E-state index < -0.39 is 6.10 Å². The first-order chi connectivity index (χ1) is 10.7. The van der Waals surface area contributed by atoms with Crippen molar-refractivity contribution in [1.29, 1.82) is 0 Å². The molecule has 1 N–H and O–H groups in total. The highest BCUT2D eigenvalue weighted by atomic mass is 16.5. The molecular weight excluding hydrogens is 276 g/mol. The largest absolute Gasteiger partial charge is 0.493 e. The molecule has 0 spiro atoms. The summed E-state index contributed by atoms with van der Waals surface area (Å²) < 4.78 is 11.4. The van der Waals surface area contributed by atoms with Crippen LogP contribution in [0.5, 0.6) is 11.5 Å². The number of aliphatic hydroxyl groups is 1. The smallest absolute Gasteiger partial charge is 0.165 e. The molecule has 0 heterocycles. The second kappa shape index (κ2) is 7.66. The molecule has 2 aromatic rings. The Bertz CT molecular complexity index is 618. The summed E-state index contributed by atoms with van der Waals surface area (Å²) in [6.45, 7) is 5.99. The van der Waals surface area contributed by atoms with E-state index in [-0.39, 0.29) is 0 Å². The van der Waals surface area contributed by atoms with E-state index in [0.717, 1.165) is 16.7 Å². The summed E-state index contributed by atoms with van der Waals surface area (Å²) >= 11 is 0. The first-order valence-corrected chi connectivity index (χ1v) is 7.32. The third-order valence-electron chi connectivity index (χ3n) is 3.51. The summed E-state index contributed by atoms with van der Waals surface area (Å²) in [6, 6.07) is 13.7. The van der Waals surface area contributed by atoms with Gasteiger partial charge in [-0.3, -0.25) is 0 Å². The fourth-order valence-corrected chi connectivity index (χ4v) is 2.42. The van der Waals surface area contributed by atoms with Crippen LogP contribution in [0.2, 0.25) is 0 Å². The Balaban J connectivity index is 2.37. The minimum absolute atomic E-state index is 0.449. The van der Waals surface area contributed by atoms with Crippen molar-refractivity contribution in [2.75, 3.05) is 7.11 Å². The lowest BCUT2D eigenvalue weighted by atomic mass is 9.99. The zero-order valence-electron chi connectivity index (χ0n) is 13.1. The number of ether oxygens (including phenoxy) is 2. The van der Waals surface area contributed by atoms with Crippen LogP contribution in [-0.2, 0) is 13.0 Å². The lowest BCUT2D eigenvalue weighted by Crippen LogP contribution is -2.05. The Morgan fingerprint density at radius 1 is 1.18 bits per heavy atom. The van der Waals surface area contributed by atoms with E-state index in [1.165, 1.54) is 0 Å². The molecule has 3 heteroatoms. The van der Waals surface area contributed by atoms with Gasteiger partial charge in [0.2, 0.25) is 0 Å². The zero-order chi connectivity index (χ0) is 15.9. The van der Waals surface area contributed by atoms with Gasteiger partial charge in [-0.2, -0.15) is 0 Å². The van der Waals surface area contributed by atoms with Gasteiger partial charge in [0.25, 0.3) is 0 Å². The second-order valence-electron chi connectivity index (χ2n) is 5.11. The number of hydrogen-bond donors (Lipinski definition) is 1. The molecule has 22 heavy (non-hydrogen) atoms. The maximum Gasteiger partial charge on any atom is 0.165 e. The van der Waals surface area contributed by atoms with Crippen molar-refractivity contribution in [3.63, 3.8) is 0 Å². The van der Waals surface area contributed by atoms with Crippen LogP contribution in [0.4, 0.5) is 0 Å². The van der Waals surface area contributed by atoms with Crippen molar-refractivity contribution >= 4 is 0 Å². The van der Waals surface area contributed by atoms with Gasteiger partial charge < -0.3 is 14.6 Å². The van der Waals surface area contributed by atoms with E-state index >= 15 is 0 Å². The number of allylic oxidation sites excluding steroid dienone is 1. The standard InChI is InChI=1S/C19H22O3/c1-4-8-17-16(14(2)20)11-12-18(21-3)19(17)22-13-15-9-6-5-7-10-15/h4-7,9-12,14,20H,1,8,13H2,2-3H3/t14-/m0/s1. The molecule has 0 fully saturated rings. The van der Waals surface area contributed by atoms with Crippen LogP contribution in [-0.4, -0.2) is 12.2 Å². The maximum absolute atomic E-state index is 9.97. The molecule has 0 radical (unpaired) electrons. The van der Waals surface area contributed by atoms with Gasteiger partial charge in [0.15, 0.2) is 11.5 Å². The summed E-state index contributed by atoms with van der Waals surface area (Å²) in [6.07, 6.45) is 1.84. The van der Waals surface area contributed by atoms with E-state index in [1.807, 2.05) is 42.5 Å². The average Bonchev–Trinajstić information content (AvgIpc) is 2.54. The van der Waals surface area contributed by atoms with Crippen molar-refractivity contribution < 1.29 is 14.6 Å². The summed E-state index contributed by atoms with van der Waals surface area (Å²) in [4.78, 5) is 0. The van der Waals surface area contributed by atoms with E-state index in [9.17, 15) is 5.11 Å². The van der Waals surface area contributed by atoms with E-state index in [0.29, 0.717) is 24.5 Å². The predicted molar refractivity (Wildman–Crippen MR) is 88.3 cm³/mol. The van der Waals surface area contributed by atoms with Gasteiger partial charge in [0.1, 0.15) is 6.61 Å². The monoisotopic (exact) mass is 298 g/mol. The molecule has 0 aromatic heterocycles. The molecule has 0 aliphatic heterocycles. The third-order valence-corrected chi connectivity index (χ3v) is 3.51. The fraction of sp³-hybridized carbons (Fsp3) is 0.263. The quantitative estimate of drug-likeness (QED) is 0.784. The molecule has 3 nitrogen and oxygen atoms in total. The molecule has 0 unspecified atom stereocenters. The summed E-state index contributed by atoms with van der Waals surface area (Å²) in [5, 5.41) is 9.97. The van der Waals surface area contributed by atoms with Gasteiger partial charge in [-0.15, -0.1) is 6.58 Å². The first kappa shape index (κ1) is 16.1. The topological polar surface area (TPSA) is 38.7 Å². The van der Waals surface area contributed by atoms with Gasteiger partial charge in [0, 0.05) is 5.56 Å². The average molecular weight is 298 g/mol. The maximum atomic E-state index is 9.97. The fourth-order valence-electron chi connectivity index (χ4n) is 2.42. The van der Waals surface area contributed by atoms with Crippen LogP contribution in [0.25, 0.3) is 0 Å². The van der Waals surface area contributed by atoms with Gasteiger partial charge in [-0.1, -0.05) is 42.5 Å². The Labute approximate surface area is 131 Å². The molecule has 0 aliphatic rings. The van der Waals surface area contributed by atoms with Crippen LogP contribution in [0, 0.1) is 0 Å². The number of aliphatic hydroxyl groups excluding tert-OH is 1. The van der Waals surface area contributed by atoms with Gasteiger partial charge in [-0.25, -0.2) is 0 Å². The van der Waals surface area contributed by atoms with Crippen LogP contribution in [0.3, 0.4) is 0 Å². The Morgan fingerprint density at radius 2 is 1.91 bits per heavy atom. The van der Waals surface area contributed by atoms with Gasteiger partial charge in [0.05, 0.1) is 13.2 Å². The SMILES string of the molecule is C=CCc1c([C@H](C)O)ccc(OC)c1OCc1ccccc1. The molecule has 116 valence electrons.